The predicted octanol–water partition coefficient (Wildman–Crippen LogP) is 0.0602. The zero-order valence-corrected chi connectivity index (χ0v) is 15.8. The van der Waals surface area contributed by atoms with E-state index in [0.29, 0.717) is 47.0 Å². The molecule has 1 aliphatic heterocycles. The zero-order valence-electron chi connectivity index (χ0n) is 15.0. The molecule has 0 radical (unpaired) electrons. The summed E-state index contributed by atoms with van der Waals surface area (Å²) in [7, 11) is 0. The summed E-state index contributed by atoms with van der Waals surface area (Å²) in [4.78, 5) is 40.8. The SMILES string of the molecule is CC(=O)c1sc2c(c1C)c(=O)n(CCO)c(=O)n2CCN1CCOCC1. The van der Waals surface area contributed by atoms with Crippen molar-refractivity contribution in [2.24, 2.45) is 0 Å². The van der Waals surface area contributed by atoms with Crippen LogP contribution >= 0.6 is 11.3 Å². The summed E-state index contributed by atoms with van der Waals surface area (Å²) >= 11 is 1.19. The Morgan fingerprint density at radius 3 is 2.46 bits per heavy atom. The Morgan fingerprint density at radius 2 is 1.85 bits per heavy atom. The van der Waals surface area contributed by atoms with Crippen LogP contribution in [0.25, 0.3) is 10.2 Å². The molecule has 0 atom stereocenters. The Kier molecular flexibility index (Phi) is 5.71. The number of nitrogens with zero attached hydrogens (tertiary/aromatic N) is 3. The highest BCUT2D eigenvalue weighted by atomic mass is 32.1. The molecular weight excluding hydrogens is 358 g/mol. The number of aryl methyl sites for hydroxylation is 1. The fourth-order valence-corrected chi connectivity index (χ4v) is 4.51. The van der Waals surface area contributed by atoms with E-state index in [4.69, 9.17) is 4.74 Å². The largest absolute Gasteiger partial charge is 0.395 e. The van der Waals surface area contributed by atoms with E-state index >= 15 is 0 Å². The molecule has 0 spiro atoms. The molecule has 1 N–H and O–H groups in total. The topological polar surface area (TPSA) is 93.8 Å². The summed E-state index contributed by atoms with van der Waals surface area (Å²) in [6.45, 7) is 6.84. The van der Waals surface area contributed by atoms with Crippen LogP contribution in [-0.2, 0) is 17.8 Å². The van der Waals surface area contributed by atoms with E-state index in [1.165, 1.54) is 18.3 Å². The molecule has 2 aromatic heterocycles. The van der Waals surface area contributed by atoms with Crippen molar-refractivity contribution in [1.82, 2.24) is 14.0 Å². The van der Waals surface area contributed by atoms with Crippen molar-refractivity contribution in [1.29, 1.82) is 0 Å². The lowest BCUT2D eigenvalue weighted by Gasteiger charge is -2.26. The van der Waals surface area contributed by atoms with Crippen LogP contribution in [0.5, 0.6) is 0 Å². The van der Waals surface area contributed by atoms with Gasteiger partial charge < -0.3 is 9.84 Å². The second-order valence-electron chi connectivity index (χ2n) is 6.36. The average molecular weight is 381 g/mol. The second-order valence-corrected chi connectivity index (χ2v) is 7.36. The third-order valence-electron chi connectivity index (χ3n) is 4.68. The molecule has 142 valence electrons. The van der Waals surface area contributed by atoms with E-state index in [0.717, 1.165) is 17.7 Å². The number of rotatable bonds is 6. The normalized spacial score (nSPS) is 15.7. The predicted molar refractivity (Wildman–Crippen MR) is 99.4 cm³/mol. The molecule has 0 amide bonds. The van der Waals surface area contributed by atoms with Crippen molar-refractivity contribution in [2.75, 3.05) is 39.5 Å². The van der Waals surface area contributed by atoms with E-state index < -0.39 is 11.2 Å². The average Bonchev–Trinajstić information content (AvgIpc) is 2.97. The molecule has 3 rings (SSSR count). The number of hydrogen-bond donors (Lipinski definition) is 1. The molecule has 0 aliphatic carbocycles. The van der Waals surface area contributed by atoms with Crippen molar-refractivity contribution in [3.05, 3.63) is 31.3 Å². The Hall–Kier alpha value is -1.81. The summed E-state index contributed by atoms with van der Waals surface area (Å²) in [6.07, 6.45) is 0. The van der Waals surface area contributed by atoms with Gasteiger partial charge in [-0.15, -0.1) is 11.3 Å². The first-order chi connectivity index (χ1) is 12.5. The van der Waals surface area contributed by atoms with Gasteiger partial charge in [-0.05, 0) is 19.4 Å². The van der Waals surface area contributed by atoms with Gasteiger partial charge in [0, 0.05) is 26.2 Å². The monoisotopic (exact) mass is 381 g/mol. The standard InChI is InChI=1S/C17H23N3O5S/c1-11-13-15(23)19(5-8-21)17(24)20(16(13)26-14(11)12(2)22)4-3-18-6-9-25-10-7-18/h21H,3-10H2,1-2H3. The van der Waals surface area contributed by atoms with E-state index in [2.05, 4.69) is 4.90 Å². The first kappa shape index (κ1) is 19.0. The summed E-state index contributed by atoms with van der Waals surface area (Å²) in [5, 5.41) is 9.64. The molecule has 0 bridgehead atoms. The minimum absolute atomic E-state index is 0.0597. The number of Topliss-reactive ketones (excluding diaryl/α,β-unsaturated/α-hetero) is 1. The van der Waals surface area contributed by atoms with Crippen molar-refractivity contribution in [3.63, 3.8) is 0 Å². The van der Waals surface area contributed by atoms with Gasteiger partial charge in [0.25, 0.3) is 5.56 Å². The lowest BCUT2D eigenvalue weighted by atomic mass is 10.2. The van der Waals surface area contributed by atoms with Gasteiger partial charge in [0.1, 0.15) is 4.83 Å². The minimum atomic E-state index is -0.443. The van der Waals surface area contributed by atoms with Crippen LogP contribution in [-0.4, -0.2) is 64.4 Å². The third kappa shape index (κ3) is 3.39. The number of fused-ring (bicyclic) bond motifs is 1. The van der Waals surface area contributed by atoms with E-state index in [9.17, 15) is 19.5 Å². The molecule has 1 aliphatic rings. The number of aliphatic hydroxyl groups is 1. The van der Waals surface area contributed by atoms with Gasteiger partial charge in [-0.25, -0.2) is 4.79 Å². The quantitative estimate of drug-likeness (QED) is 0.711. The highest BCUT2D eigenvalue weighted by Gasteiger charge is 2.22. The van der Waals surface area contributed by atoms with E-state index in [-0.39, 0.29) is 18.9 Å². The molecule has 26 heavy (non-hydrogen) atoms. The number of hydrogen-bond acceptors (Lipinski definition) is 7. The second kappa shape index (κ2) is 7.83. The van der Waals surface area contributed by atoms with Crippen LogP contribution in [0.15, 0.2) is 9.59 Å². The van der Waals surface area contributed by atoms with Crippen LogP contribution in [0, 0.1) is 6.92 Å². The molecule has 2 aromatic rings. The van der Waals surface area contributed by atoms with Crippen LogP contribution in [0.2, 0.25) is 0 Å². The van der Waals surface area contributed by atoms with Gasteiger partial charge in [0.2, 0.25) is 0 Å². The number of ketones is 1. The smallest absolute Gasteiger partial charge is 0.332 e. The highest BCUT2D eigenvalue weighted by Crippen LogP contribution is 2.28. The maximum absolute atomic E-state index is 12.9. The molecule has 1 saturated heterocycles. The zero-order chi connectivity index (χ0) is 18.8. The molecule has 3 heterocycles. The number of carbonyl (C=O) groups excluding carboxylic acids is 1. The van der Waals surface area contributed by atoms with Crippen molar-refractivity contribution in [3.8, 4) is 0 Å². The van der Waals surface area contributed by atoms with Gasteiger partial charge in [-0.3, -0.25) is 23.6 Å². The molecule has 8 nitrogen and oxygen atoms in total. The maximum Gasteiger partial charge on any atom is 0.332 e. The first-order valence-corrected chi connectivity index (χ1v) is 9.46. The molecule has 0 aromatic carbocycles. The lowest BCUT2D eigenvalue weighted by Crippen LogP contribution is -2.43. The maximum atomic E-state index is 12.9. The van der Waals surface area contributed by atoms with Gasteiger partial charge in [0.05, 0.1) is 36.6 Å². The van der Waals surface area contributed by atoms with Gasteiger partial charge in [-0.1, -0.05) is 0 Å². The van der Waals surface area contributed by atoms with Crippen LogP contribution in [0.1, 0.15) is 22.2 Å². The van der Waals surface area contributed by atoms with Crippen molar-refractivity contribution < 1.29 is 14.6 Å². The summed E-state index contributed by atoms with van der Waals surface area (Å²) in [5.41, 5.74) is -0.279. The van der Waals surface area contributed by atoms with E-state index in [1.807, 2.05) is 0 Å². The van der Waals surface area contributed by atoms with Gasteiger partial charge >= 0.3 is 5.69 Å². The Balaban J connectivity index is 2.12. The van der Waals surface area contributed by atoms with Crippen LogP contribution in [0.4, 0.5) is 0 Å². The van der Waals surface area contributed by atoms with Gasteiger partial charge in [-0.2, -0.15) is 0 Å². The number of aromatic nitrogens is 2. The summed E-state index contributed by atoms with van der Waals surface area (Å²) in [6, 6.07) is 0. The fourth-order valence-electron chi connectivity index (χ4n) is 3.29. The number of ether oxygens (including phenoxy) is 1. The molecule has 0 saturated carbocycles. The molecule has 9 heteroatoms. The summed E-state index contributed by atoms with van der Waals surface area (Å²) < 4.78 is 7.96. The first-order valence-electron chi connectivity index (χ1n) is 8.64. The minimum Gasteiger partial charge on any atom is -0.395 e. The third-order valence-corrected chi connectivity index (χ3v) is 6.10. The summed E-state index contributed by atoms with van der Waals surface area (Å²) in [5.74, 6) is -0.121. The Bertz CT molecular complexity index is 936. The van der Waals surface area contributed by atoms with E-state index in [1.54, 1.807) is 11.5 Å². The van der Waals surface area contributed by atoms with Crippen molar-refractivity contribution >= 4 is 27.3 Å². The lowest BCUT2D eigenvalue weighted by molar-refractivity contribution is 0.0363. The number of aliphatic hydroxyl groups excluding tert-OH is 1. The number of thiophene rings is 1. The van der Waals surface area contributed by atoms with Crippen LogP contribution in [0.3, 0.4) is 0 Å². The van der Waals surface area contributed by atoms with Crippen LogP contribution < -0.4 is 11.2 Å². The Morgan fingerprint density at radius 1 is 1.15 bits per heavy atom. The molecule has 0 unspecified atom stereocenters. The Labute approximate surface area is 154 Å². The molecule has 1 fully saturated rings. The fraction of sp³-hybridized carbons (Fsp3) is 0.588. The highest BCUT2D eigenvalue weighted by molar-refractivity contribution is 7.20. The van der Waals surface area contributed by atoms with Crippen molar-refractivity contribution in [2.45, 2.75) is 26.9 Å². The number of morpholine rings is 1. The number of carbonyl (C=O) groups is 1. The van der Waals surface area contributed by atoms with Gasteiger partial charge in [0.15, 0.2) is 5.78 Å². The molecular formula is C17H23N3O5S.